The topological polar surface area (TPSA) is 58.2 Å². The van der Waals surface area contributed by atoms with Crippen LogP contribution in [0, 0.1) is 5.41 Å². The summed E-state index contributed by atoms with van der Waals surface area (Å²) >= 11 is 0. The summed E-state index contributed by atoms with van der Waals surface area (Å²) in [4.78, 5) is 0. The first kappa shape index (κ1) is 12.9. The van der Waals surface area contributed by atoms with E-state index in [0.717, 1.165) is 25.7 Å². The summed E-state index contributed by atoms with van der Waals surface area (Å²) in [5.74, 6) is 0. The zero-order chi connectivity index (χ0) is 11.5. The van der Waals surface area contributed by atoms with Gasteiger partial charge in [0.1, 0.15) is 0 Å². The molecule has 2 N–H and O–H groups in total. The molecule has 0 spiro atoms. The molecule has 0 aromatic heterocycles. The van der Waals surface area contributed by atoms with Crippen LogP contribution in [0.3, 0.4) is 0 Å². The molecule has 0 aliphatic heterocycles. The Balaban J connectivity index is 2.42. The van der Waals surface area contributed by atoms with E-state index in [1.165, 1.54) is 0 Å². The maximum absolute atomic E-state index is 11.5. The monoisotopic (exact) mass is 234 g/mol. The number of hydrogen-bond acceptors (Lipinski definition) is 2. The zero-order valence-electron chi connectivity index (χ0n) is 9.84. The van der Waals surface area contributed by atoms with Crippen LogP contribution in [0.5, 0.6) is 0 Å². The molecule has 1 unspecified atom stereocenters. The van der Waals surface area contributed by atoms with Crippen molar-refractivity contribution in [3.63, 3.8) is 0 Å². The van der Waals surface area contributed by atoms with Crippen LogP contribution in [-0.4, -0.2) is 21.0 Å². The molecule has 4 nitrogen and oxygen atoms in total. The van der Waals surface area contributed by atoms with E-state index in [9.17, 15) is 8.42 Å². The predicted molar refractivity (Wildman–Crippen MR) is 61.8 cm³/mol. The molecular formula is C10H22N2O2S. The van der Waals surface area contributed by atoms with Crippen molar-refractivity contribution in [3.05, 3.63) is 0 Å². The van der Waals surface area contributed by atoms with Gasteiger partial charge in [0, 0.05) is 12.6 Å². The lowest BCUT2D eigenvalue weighted by Gasteiger charge is -2.17. The summed E-state index contributed by atoms with van der Waals surface area (Å²) in [6.07, 6.45) is 3.78. The first-order valence-electron chi connectivity index (χ1n) is 5.61. The lowest BCUT2D eigenvalue weighted by atomic mass is 9.92. The second kappa shape index (κ2) is 4.80. The third kappa shape index (κ3) is 4.49. The Morgan fingerprint density at radius 3 is 2.53 bits per heavy atom. The van der Waals surface area contributed by atoms with Crippen molar-refractivity contribution in [3.8, 4) is 0 Å². The number of hydrogen-bond donors (Lipinski definition) is 2. The van der Waals surface area contributed by atoms with Crippen LogP contribution < -0.4 is 9.44 Å². The second-order valence-corrected chi connectivity index (χ2v) is 6.65. The minimum atomic E-state index is -3.28. The molecule has 0 amide bonds. The van der Waals surface area contributed by atoms with Crippen LogP contribution in [0.15, 0.2) is 0 Å². The van der Waals surface area contributed by atoms with E-state index >= 15 is 0 Å². The molecule has 0 aromatic rings. The fourth-order valence-electron chi connectivity index (χ4n) is 2.03. The average molecular weight is 234 g/mol. The molecule has 90 valence electrons. The lowest BCUT2D eigenvalue weighted by Crippen LogP contribution is -2.42. The number of rotatable bonds is 5. The average Bonchev–Trinajstić information content (AvgIpc) is 2.41. The summed E-state index contributed by atoms with van der Waals surface area (Å²) in [7, 11) is -3.28. The highest BCUT2D eigenvalue weighted by Gasteiger charge is 2.32. The lowest BCUT2D eigenvalue weighted by molar-refractivity contribution is 0.372. The van der Waals surface area contributed by atoms with Crippen molar-refractivity contribution >= 4 is 10.2 Å². The highest BCUT2D eigenvalue weighted by molar-refractivity contribution is 7.87. The maximum Gasteiger partial charge on any atom is 0.277 e. The zero-order valence-corrected chi connectivity index (χ0v) is 10.7. The van der Waals surface area contributed by atoms with Crippen LogP contribution in [0.4, 0.5) is 0 Å². The normalized spacial score (nSPS) is 25.7. The smallest absolute Gasteiger partial charge is 0.202 e. The molecule has 1 saturated carbocycles. The van der Waals surface area contributed by atoms with Gasteiger partial charge in [0.15, 0.2) is 0 Å². The largest absolute Gasteiger partial charge is 0.277 e. The molecule has 0 radical (unpaired) electrons. The third-order valence-electron chi connectivity index (χ3n) is 2.83. The molecular weight excluding hydrogens is 212 g/mol. The Labute approximate surface area is 93.0 Å². The Hall–Kier alpha value is -0.130. The van der Waals surface area contributed by atoms with Crippen molar-refractivity contribution < 1.29 is 8.42 Å². The summed E-state index contributed by atoms with van der Waals surface area (Å²) in [5, 5.41) is 0. The maximum atomic E-state index is 11.5. The van der Waals surface area contributed by atoms with Crippen LogP contribution in [-0.2, 0) is 10.2 Å². The van der Waals surface area contributed by atoms with Crippen LogP contribution in [0.1, 0.15) is 46.5 Å². The van der Waals surface area contributed by atoms with Gasteiger partial charge < -0.3 is 0 Å². The summed E-state index contributed by atoms with van der Waals surface area (Å²) < 4.78 is 28.3. The first-order valence-corrected chi connectivity index (χ1v) is 7.10. The SMILES string of the molecule is CCCNS(=O)(=O)NC1CCC(C)(C)C1. The van der Waals surface area contributed by atoms with E-state index in [4.69, 9.17) is 0 Å². The summed E-state index contributed by atoms with van der Waals surface area (Å²) in [6, 6.07) is 0.106. The molecule has 0 aromatic carbocycles. The van der Waals surface area contributed by atoms with Gasteiger partial charge in [0.05, 0.1) is 0 Å². The van der Waals surface area contributed by atoms with Crippen molar-refractivity contribution in [2.24, 2.45) is 5.41 Å². The van der Waals surface area contributed by atoms with Crippen molar-refractivity contribution in [2.75, 3.05) is 6.54 Å². The Morgan fingerprint density at radius 2 is 2.07 bits per heavy atom. The van der Waals surface area contributed by atoms with Gasteiger partial charge in [-0.1, -0.05) is 20.8 Å². The van der Waals surface area contributed by atoms with E-state index in [0.29, 0.717) is 6.54 Å². The van der Waals surface area contributed by atoms with Crippen molar-refractivity contribution in [2.45, 2.75) is 52.5 Å². The van der Waals surface area contributed by atoms with E-state index in [2.05, 4.69) is 23.3 Å². The predicted octanol–water partition coefficient (Wildman–Crippen LogP) is 1.40. The van der Waals surface area contributed by atoms with Gasteiger partial charge in [0.2, 0.25) is 0 Å². The Kier molecular flexibility index (Phi) is 4.14. The summed E-state index contributed by atoms with van der Waals surface area (Å²) in [5.41, 5.74) is 0.276. The molecule has 1 fully saturated rings. The summed E-state index contributed by atoms with van der Waals surface area (Å²) in [6.45, 7) is 6.81. The Morgan fingerprint density at radius 1 is 1.40 bits per heavy atom. The van der Waals surface area contributed by atoms with E-state index in [-0.39, 0.29) is 11.5 Å². The highest BCUT2D eigenvalue weighted by Crippen LogP contribution is 2.36. The van der Waals surface area contributed by atoms with E-state index < -0.39 is 10.2 Å². The van der Waals surface area contributed by atoms with Gasteiger partial charge in [0.25, 0.3) is 10.2 Å². The van der Waals surface area contributed by atoms with Crippen molar-refractivity contribution in [1.29, 1.82) is 0 Å². The van der Waals surface area contributed by atoms with Crippen molar-refractivity contribution in [1.82, 2.24) is 9.44 Å². The van der Waals surface area contributed by atoms with Gasteiger partial charge in [-0.3, -0.25) is 0 Å². The molecule has 1 aliphatic carbocycles. The highest BCUT2D eigenvalue weighted by atomic mass is 32.2. The van der Waals surface area contributed by atoms with Gasteiger partial charge >= 0.3 is 0 Å². The minimum absolute atomic E-state index is 0.106. The molecule has 1 atom stereocenters. The fraction of sp³-hybridized carbons (Fsp3) is 1.00. The Bertz CT molecular complexity index is 299. The van der Waals surface area contributed by atoms with E-state index in [1.807, 2.05) is 6.92 Å². The van der Waals surface area contributed by atoms with Gasteiger partial charge in [-0.15, -0.1) is 0 Å². The second-order valence-electron chi connectivity index (χ2n) is 5.12. The van der Waals surface area contributed by atoms with Gasteiger partial charge in [-0.25, -0.2) is 4.72 Å². The molecule has 1 rings (SSSR count). The van der Waals surface area contributed by atoms with Crippen LogP contribution in [0.2, 0.25) is 0 Å². The molecule has 0 saturated heterocycles. The quantitative estimate of drug-likeness (QED) is 0.755. The first-order chi connectivity index (χ1) is 6.85. The molecule has 15 heavy (non-hydrogen) atoms. The minimum Gasteiger partial charge on any atom is -0.202 e. The third-order valence-corrected chi connectivity index (χ3v) is 4.06. The van der Waals surface area contributed by atoms with Crippen LogP contribution in [0.25, 0.3) is 0 Å². The molecule has 1 aliphatic rings. The standard InChI is InChI=1S/C10H22N2O2S/c1-4-7-11-15(13,14)12-9-5-6-10(2,3)8-9/h9,11-12H,4-8H2,1-3H3. The van der Waals surface area contributed by atoms with Crippen LogP contribution >= 0.6 is 0 Å². The van der Waals surface area contributed by atoms with Gasteiger partial charge in [-0.2, -0.15) is 13.1 Å². The number of nitrogens with one attached hydrogen (secondary N) is 2. The molecule has 0 heterocycles. The van der Waals surface area contributed by atoms with Gasteiger partial charge in [-0.05, 0) is 31.1 Å². The molecule has 5 heteroatoms. The fourth-order valence-corrected chi connectivity index (χ4v) is 3.23. The van der Waals surface area contributed by atoms with E-state index in [1.54, 1.807) is 0 Å². The molecule has 0 bridgehead atoms.